The molecule has 8 heteroatoms. The van der Waals surface area contributed by atoms with Crippen molar-refractivity contribution in [2.24, 2.45) is 4.99 Å². The molecule has 2 aromatic rings. The monoisotopic (exact) mass is 429 g/mol. The maximum Gasteiger partial charge on any atom is 0.227 e. The number of halogens is 1. The highest BCUT2D eigenvalue weighted by Crippen LogP contribution is 2.14. The quantitative estimate of drug-likeness (QED) is 0.564. The number of ether oxygens (including phenoxy) is 1. The third-order valence-corrected chi connectivity index (χ3v) is 5.17. The number of carbonyl (C=O) groups excluding carboxylic acids is 1. The lowest BCUT2D eigenvalue weighted by atomic mass is 10.1. The minimum Gasteiger partial charge on any atom is -0.481 e. The van der Waals surface area contributed by atoms with Gasteiger partial charge in [0, 0.05) is 50.0 Å². The van der Waals surface area contributed by atoms with E-state index in [-0.39, 0.29) is 5.91 Å². The van der Waals surface area contributed by atoms with Crippen LogP contribution >= 0.6 is 11.6 Å². The number of nitrogens with zero attached hydrogens (tertiary/aromatic N) is 4. The Morgan fingerprint density at radius 2 is 1.93 bits per heavy atom. The van der Waals surface area contributed by atoms with E-state index in [0.29, 0.717) is 37.0 Å². The third-order valence-electron chi connectivity index (χ3n) is 4.93. The molecule has 1 fully saturated rings. The van der Waals surface area contributed by atoms with Crippen LogP contribution in [0.25, 0.3) is 0 Å². The lowest BCUT2D eigenvalue weighted by Gasteiger charge is -2.36. The number of amides is 1. The second-order valence-electron chi connectivity index (χ2n) is 7.05. The summed E-state index contributed by atoms with van der Waals surface area (Å²) in [6.45, 7) is 6.21. The van der Waals surface area contributed by atoms with Crippen molar-refractivity contribution in [3.8, 4) is 5.88 Å². The summed E-state index contributed by atoms with van der Waals surface area (Å²) in [7, 11) is 1.60. The minimum atomic E-state index is 0.128. The molecule has 1 amide bonds. The molecule has 0 atom stereocenters. The van der Waals surface area contributed by atoms with Gasteiger partial charge in [-0.3, -0.25) is 4.79 Å². The first-order chi connectivity index (χ1) is 14.6. The van der Waals surface area contributed by atoms with E-state index in [1.54, 1.807) is 13.3 Å². The van der Waals surface area contributed by atoms with Gasteiger partial charge in [-0.15, -0.1) is 0 Å². The van der Waals surface area contributed by atoms with Crippen molar-refractivity contribution >= 4 is 23.5 Å². The third kappa shape index (κ3) is 6.10. The SMILES string of the molecule is CCNC(=NCc1ccnc(OC)c1)N1CCN(C(=O)Cc2cccc(Cl)c2)CC1. The number of pyridine rings is 1. The van der Waals surface area contributed by atoms with E-state index >= 15 is 0 Å². The standard InChI is InChI=1S/C22H28ClN5O2/c1-3-24-22(26-16-18-7-8-25-20(14-18)30-2)28-11-9-27(10-12-28)21(29)15-17-5-4-6-19(23)13-17/h4-8,13-14H,3,9-12,15-16H2,1-2H3,(H,24,26). The van der Waals surface area contributed by atoms with Gasteiger partial charge in [-0.1, -0.05) is 23.7 Å². The van der Waals surface area contributed by atoms with Crippen LogP contribution < -0.4 is 10.1 Å². The number of nitrogens with one attached hydrogen (secondary N) is 1. The maximum atomic E-state index is 12.7. The van der Waals surface area contributed by atoms with E-state index in [2.05, 4.69) is 22.1 Å². The highest BCUT2D eigenvalue weighted by Gasteiger charge is 2.23. The number of methoxy groups -OCH3 is 1. The Morgan fingerprint density at radius 1 is 1.17 bits per heavy atom. The van der Waals surface area contributed by atoms with Crippen molar-refractivity contribution in [1.82, 2.24) is 20.1 Å². The summed E-state index contributed by atoms with van der Waals surface area (Å²) >= 11 is 6.03. The van der Waals surface area contributed by atoms with Crippen molar-refractivity contribution in [1.29, 1.82) is 0 Å². The summed E-state index contributed by atoms with van der Waals surface area (Å²) in [5.41, 5.74) is 1.98. The smallest absolute Gasteiger partial charge is 0.227 e. The Kier molecular flexibility index (Phi) is 7.90. The fourth-order valence-corrected chi connectivity index (χ4v) is 3.57. The normalized spacial score (nSPS) is 14.6. The molecule has 0 aliphatic carbocycles. The van der Waals surface area contributed by atoms with Gasteiger partial charge in [-0.25, -0.2) is 9.98 Å². The van der Waals surface area contributed by atoms with Crippen LogP contribution in [0.4, 0.5) is 0 Å². The first-order valence-corrected chi connectivity index (χ1v) is 10.5. The Balaban J connectivity index is 1.57. The average Bonchev–Trinajstić information content (AvgIpc) is 2.77. The molecule has 1 aromatic carbocycles. The molecule has 1 saturated heterocycles. The summed E-state index contributed by atoms with van der Waals surface area (Å²) in [5, 5.41) is 4.01. The van der Waals surface area contributed by atoms with Crippen LogP contribution in [-0.2, 0) is 17.8 Å². The Hall–Kier alpha value is -2.80. The number of rotatable bonds is 6. The molecule has 1 aliphatic rings. The van der Waals surface area contributed by atoms with Crippen LogP contribution in [0.2, 0.25) is 5.02 Å². The fourth-order valence-electron chi connectivity index (χ4n) is 3.35. The zero-order valence-corrected chi connectivity index (χ0v) is 18.2. The van der Waals surface area contributed by atoms with Crippen LogP contribution in [-0.4, -0.2) is 66.5 Å². The molecule has 0 radical (unpaired) electrons. The summed E-state index contributed by atoms with van der Waals surface area (Å²) in [6.07, 6.45) is 2.10. The second kappa shape index (κ2) is 10.8. The molecule has 160 valence electrons. The molecule has 1 aromatic heterocycles. The molecular weight excluding hydrogens is 402 g/mol. The van der Waals surface area contributed by atoms with E-state index in [1.165, 1.54) is 0 Å². The summed E-state index contributed by atoms with van der Waals surface area (Å²) in [4.78, 5) is 25.7. The van der Waals surface area contributed by atoms with Crippen molar-refractivity contribution in [2.75, 3.05) is 39.8 Å². The number of aliphatic imine (C=N–C) groups is 1. The summed E-state index contributed by atoms with van der Waals surface area (Å²) in [5.74, 6) is 1.57. The van der Waals surface area contributed by atoms with Gasteiger partial charge >= 0.3 is 0 Å². The topological polar surface area (TPSA) is 70.1 Å². The minimum absolute atomic E-state index is 0.128. The number of piperazine rings is 1. The van der Waals surface area contributed by atoms with Gasteiger partial charge in [0.1, 0.15) is 0 Å². The Morgan fingerprint density at radius 3 is 2.63 bits per heavy atom. The number of hydrogen-bond donors (Lipinski definition) is 1. The number of aromatic nitrogens is 1. The number of benzene rings is 1. The van der Waals surface area contributed by atoms with Gasteiger partial charge < -0.3 is 19.9 Å². The van der Waals surface area contributed by atoms with E-state index in [9.17, 15) is 4.79 Å². The van der Waals surface area contributed by atoms with Crippen molar-refractivity contribution in [2.45, 2.75) is 19.9 Å². The molecule has 30 heavy (non-hydrogen) atoms. The molecule has 0 bridgehead atoms. The van der Waals surface area contributed by atoms with Crippen LogP contribution in [0.3, 0.4) is 0 Å². The van der Waals surface area contributed by atoms with E-state index in [0.717, 1.165) is 36.7 Å². The van der Waals surface area contributed by atoms with Gasteiger partial charge in [-0.05, 0) is 36.2 Å². The van der Waals surface area contributed by atoms with E-state index in [1.807, 2.05) is 41.3 Å². The van der Waals surface area contributed by atoms with Gasteiger partial charge in [0.2, 0.25) is 11.8 Å². The highest BCUT2D eigenvalue weighted by molar-refractivity contribution is 6.30. The zero-order chi connectivity index (χ0) is 21.3. The predicted octanol–water partition coefficient (Wildman–Crippen LogP) is 2.60. The largest absolute Gasteiger partial charge is 0.481 e. The predicted molar refractivity (Wildman–Crippen MR) is 119 cm³/mol. The number of carbonyl (C=O) groups is 1. The van der Waals surface area contributed by atoms with Gasteiger partial charge in [0.05, 0.1) is 20.1 Å². The van der Waals surface area contributed by atoms with Crippen LogP contribution in [0, 0.1) is 0 Å². The molecule has 0 saturated carbocycles. The summed E-state index contributed by atoms with van der Waals surface area (Å²) < 4.78 is 5.18. The van der Waals surface area contributed by atoms with Crippen molar-refractivity contribution in [3.05, 3.63) is 58.7 Å². The zero-order valence-electron chi connectivity index (χ0n) is 17.5. The van der Waals surface area contributed by atoms with Gasteiger partial charge in [-0.2, -0.15) is 0 Å². The van der Waals surface area contributed by atoms with Crippen LogP contribution in [0.15, 0.2) is 47.6 Å². The molecule has 1 N–H and O–H groups in total. The van der Waals surface area contributed by atoms with Crippen molar-refractivity contribution < 1.29 is 9.53 Å². The lowest BCUT2D eigenvalue weighted by molar-refractivity contribution is -0.131. The molecule has 1 aliphatic heterocycles. The average molecular weight is 430 g/mol. The number of guanidine groups is 1. The molecule has 0 unspecified atom stereocenters. The molecular formula is C22H28ClN5O2. The van der Waals surface area contributed by atoms with Gasteiger partial charge in [0.25, 0.3) is 0 Å². The molecule has 7 nitrogen and oxygen atoms in total. The summed E-state index contributed by atoms with van der Waals surface area (Å²) in [6, 6.07) is 11.3. The van der Waals surface area contributed by atoms with E-state index in [4.69, 9.17) is 21.3 Å². The Labute approximate surface area is 182 Å². The Bertz CT molecular complexity index is 881. The highest BCUT2D eigenvalue weighted by atomic mass is 35.5. The number of hydrogen-bond acceptors (Lipinski definition) is 4. The molecule has 3 rings (SSSR count). The van der Waals surface area contributed by atoms with E-state index < -0.39 is 0 Å². The molecule has 2 heterocycles. The van der Waals surface area contributed by atoms with Crippen LogP contribution in [0.1, 0.15) is 18.1 Å². The maximum absolute atomic E-state index is 12.7. The molecule has 0 spiro atoms. The van der Waals surface area contributed by atoms with Crippen LogP contribution in [0.5, 0.6) is 5.88 Å². The van der Waals surface area contributed by atoms with Crippen molar-refractivity contribution in [3.63, 3.8) is 0 Å². The second-order valence-corrected chi connectivity index (χ2v) is 7.49. The lowest BCUT2D eigenvalue weighted by Crippen LogP contribution is -2.54. The first kappa shape index (κ1) is 21.9. The fraction of sp³-hybridized carbons (Fsp3) is 0.409. The first-order valence-electron chi connectivity index (χ1n) is 10.1. The van der Waals surface area contributed by atoms with Gasteiger partial charge in [0.15, 0.2) is 5.96 Å².